The number of hydrogen-bond acceptors (Lipinski definition) is 9. The van der Waals surface area contributed by atoms with Gasteiger partial charge in [0.25, 0.3) is 0 Å². The fraction of sp³-hybridized carbons (Fsp3) is 0.929. The van der Waals surface area contributed by atoms with E-state index in [1.165, 1.54) is 11.9 Å². The predicted molar refractivity (Wildman–Crippen MR) is 84.4 cm³/mol. The highest BCUT2D eigenvalue weighted by molar-refractivity contribution is 5.60. The minimum absolute atomic E-state index is 0.189. The van der Waals surface area contributed by atoms with Gasteiger partial charge < -0.3 is 19.8 Å². The van der Waals surface area contributed by atoms with Crippen LogP contribution in [0.1, 0.15) is 53.4 Å². The molecule has 2 N–H and O–H groups in total. The van der Waals surface area contributed by atoms with Gasteiger partial charge in [-0.3, -0.25) is 0 Å². The van der Waals surface area contributed by atoms with E-state index in [1.54, 1.807) is 27.8 Å². The molecule has 23 heavy (non-hydrogen) atoms. The monoisotopic (exact) mass is 336 g/mol. The van der Waals surface area contributed by atoms with Gasteiger partial charge in [0.1, 0.15) is 5.60 Å². The first kappa shape index (κ1) is 22.0. The molecule has 1 atom stereocenters. The third-order valence-corrected chi connectivity index (χ3v) is 2.65. The highest BCUT2D eigenvalue weighted by Gasteiger charge is 2.20. The molecule has 0 saturated carbocycles. The van der Waals surface area contributed by atoms with E-state index < -0.39 is 18.0 Å². The fourth-order valence-electron chi connectivity index (χ4n) is 1.52. The fourth-order valence-corrected chi connectivity index (χ4v) is 1.52. The van der Waals surface area contributed by atoms with Crippen molar-refractivity contribution in [2.24, 2.45) is 0 Å². The lowest BCUT2D eigenvalue weighted by atomic mass is 10.2. The van der Waals surface area contributed by atoms with Crippen LogP contribution in [0.15, 0.2) is 0 Å². The number of carbonyl (C=O) groups excluding carboxylic acids is 1. The molecule has 0 radical (unpaired) electrons. The second-order valence-corrected chi connectivity index (χ2v) is 6.15. The Kier molecular flexibility index (Phi) is 11.1. The molecule has 138 valence electrons. The van der Waals surface area contributed by atoms with Crippen molar-refractivity contribution in [1.82, 2.24) is 15.9 Å². The Morgan fingerprint density at radius 2 is 1.87 bits per heavy atom. The first-order valence-corrected chi connectivity index (χ1v) is 7.76. The number of aliphatic hydroxyl groups excluding tert-OH is 1. The van der Waals surface area contributed by atoms with Gasteiger partial charge in [0.2, 0.25) is 6.29 Å². The van der Waals surface area contributed by atoms with Gasteiger partial charge in [0.05, 0.1) is 0 Å². The zero-order valence-electron chi connectivity index (χ0n) is 14.7. The van der Waals surface area contributed by atoms with Crippen LogP contribution in [-0.4, -0.2) is 53.6 Å². The molecule has 0 aromatic carbocycles. The van der Waals surface area contributed by atoms with E-state index in [1.807, 2.05) is 0 Å². The summed E-state index contributed by atoms with van der Waals surface area (Å²) in [5, 5.41) is 22.2. The first-order chi connectivity index (χ1) is 10.7. The minimum Gasteiger partial charge on any atom is -0.756 e. The van der Waals surface area contributed by atoms with Crippen molar-refractivity contribution in [3.63, 3.8) is 0 Å². The Morgan fingerprint density at radius 1 is 1.26 bits per heavy atom. The van der Waals surface area contributed by atoms with E-state index in [2.05, 4.69) is 5.59 Å². The third kappa shape index (κ3) is 13.2. The molecule has 9 heteroatoms. The Hall–Kier alpha value is -0.970. The molecule has 0 aliphatic rings. The summed E-state index contributed by atoms with van der Waals surface area (Å²) in [5.41, 5.74) is 1.47. The van der Waals surface area contributed by atoms with Crippen molar-refractivity contribution in [2.75, 3.05) is 20.2 Å². The normalized spacial score (nSPS) is 13.4. The molecule has 0 amide bonds. The van der Waals surface area contributed by atoms with Crippen LogP contribution in [-0.2, 0) is 14.3 Å². The average Bonchev–Trinajstić information content (AvgIpc) is 2.42. The predicted octanol–water partition coefficient (Wildman–Crippen LogP) is 1.92. The second-order valence-electron chi connectivity index (χ2n) is 6.15. The summed E-state index contributed by atoms with van der Waals surface area (Å²) in [5.74, 6) is 0. The molecule has 0 rings (SSSR count). The van der Waals surface area contributed by atoms with Crippen LogP contribution in [0.2, 0.25) is 0 Å². The number of ether oxygens (including phenoxy) is 2. The van der Waals surface area contributed by atoms with Crippen LogP contribution in [0.4, 0.5) is 4.79 Å². The molecular weight excluding hydrogens is 306 g/mol. The molecule has 0 aliphatic carbocycles. The maximum atomic E-state index is 11.7. The molecule has 9 nitrogen and oxygen atoms in total. The maximum absolute atomic E-state index is 11.7. The van der Waals surface area contributed by atoms with Gasteiger partial charge in [0.15, 0.2) is 0 Å². The first-order valence-electron chi connectivity index (χ1n) is 7.76. The molecule has 0 aromatic heterocycles. The zero-order chi connectivity index (χ0) is 17.9. The molecular formula is C14H30N3O6-. The molecule has 0 aromatic rings. The third-order valence-electron chi connectivity index (χ3n) is 2.65. The Morgan fingerprint density at radius 3 is 2.43 bits per heavy atom. The van der Waals surface area contributed by atoms with Crippen LogP contribution < -0.4 is 5.59 Å². The standard InChI is InChI=1S/C14H30N3O6/c1-12(21-13(19)22-14(2,3)4)23-15-17(20)16(5)10-8-6-7-9-11-18/h12,15,18H,6-11H2,1-5H3/q-1. The second kappa shape index (κ2) is 11.5. The van der Waals surface area contributed by atoms with Crippen molar-refractivity contribution < 1.29 is 24.2 Å². The van der Waals surface area contributed by atoms with E-state index in [9.17, 15) is 10.0 Å². The summed E-state index contributed by atoms with van der Waals surface area (Å²) in [7, 11) is 1.61. The van der Waals surface area contributed by atoms with E-state index in [0.29, 0.717) is 11.8 Å². The maximum Gasteiger partial charge on any atom is 0.511 e. The lowest BCUT2D eigenvalue weighted by Crippen LogP contribution is -2.47. The molecule has 0 fully saturated rings. The molecule has 1 unspecified atom stereocenters. The number of rotatable bonds is 11. The van der Waals surface area contributed by atoms with Gasteiger partial charge in [-0.15, -0.1) is 5.59 Å². The van der Waals surface area contributed by atoms with Gasteiger partial charge in [-0.05, 0) is 33.6 Å². The molecule has 0 bridgehead atoms. The Labute approximate surface area is 137 Å². The highest BCUT2D eigenvalue weighted by Crippen LogP contribution is 2.09. The quantitative estimate of drug-likeness (QED) is 0.253. The summed E-state index contributed by atoms with van der Waals surface area (Å²) in [6.45, 7) is 7.33. The summed E-state index contributed by atoms with van der Waals surface area (Å²) < 4.78 is 9.79. The van der Waals surface area contributed by atoms with E-state index in [-0.39, 0.29) is 6.61 Å². The number of nitrogens with zero attached hydrogens (tertiary/aromatic N) is 2. The lowest BCUT2D eigenvalue weighted by Gasteiger charge is -2.37. The molecule has 0 saturated heterocycles. The topological polar surface area (TPSA) is 107 Å². The number of nitrogens with one attached hydrogen (secondary N) is 1. The van der Waals surface area contributed by atoms with Crippen LogP contribution in [0.25, 0.3) is 0 Å². The SMILES string of the molecule is CC(ONN([O-])N(C)CCCCCCO)OC(=O)OC(C)(C)C. The molecule has 0 spiro atoms. The number of carbonyl (C=O) groups is 1. The van der Waals surface area contributed by atoms with E-state index in [4.69, 9.17) is 19.4 Å². The van der Waals surface area contributed by atoms with Crippen molar-refractivity contribution in [2.45, 2.75) is 65.3 Å². The summed E-state index contributed by atoms with van der Waals surface area (Å²) >= 11 is 0. The Bertz CT molecular complexity index is 324. The smallest absolute Gasteiger partial charge is 0.511 e. The van der Waals surface area contributed by atoms with Gasteiger partial charge in [-0.1, -0.05) is 12.8 Å². The minimum atomic E-state index is -0.987. The largest absolute Gasteiger partial charge is 0.756 e. The summed E-state index contributed by atoms with van der Waals surface area (Å²) in [6.07, 6.45) is 1.58. The van der Waals surface area contributed by atoms with Gasteiger partial charge >= 0.3 is 6.16 Å². The van der Waals surface area contributed by atoms with E-state index in [0.717, 1.165) is 25.7 Å². The van der Waals surface area contributed by atoms with Crippen LogP contribution in [0.3, 0.4) is 0 Å². The molecule has 0 heterocycles. The number of unbranched alkanes of at least 4 members (excludes halogenated alkanes) is 3. The lowest BCUT2D eigenvalue weighted by molar-refractivity contribution is -0.230. The zero-order valence-corrected chi connectivity index (χ0v) is 14.7. The highest BCUT2D eigenvalue weighted by atomic mass is 16.9. The number of hydrazine groups is 2. The number of hydrogen-bond donors (Lipinski definition) is 2. The van der Waals surface area contributed by atoms with E-state index >= 15 is 0 Å². The van der Waals surface area contributed by atoms with Crippen molar-refractivity contribution in [3.05, 3.63) is 5.21 Å². The number of aliphatic hydroxyl groups is 1. The van der Waals surface area contributed by atoms with Crippen LogP contribution in [0.5, 0.6) is 0 Å². The Balaban J connectivity index is 3.85. The average molecular weight is 336 g/mol. The molecule has 0 aliphatic heterocycles. The van der Waals surface area contributed by atoms with Crippen LogP contribution in [0, 0.1) is 5.21 Å². The van der Waals surface area contributed by atoms with Gasteiger partial charge in [-0.2, -0.15) is 0 Å². The van der Waals surface area contributed by atoms with Gasteiger partial charge in [-0.25, -0.2) is 19.9 Å². The van der Waals surface area contributed by atoms with Crippen molar-refractivity contribution in [1.29, 1.82) is 0 Å². The van der Waals surface area contributed by atoms with Crippen molar-refractivity contribution >= 4 is 6.16 Å². The van der Waals surface area contributed by atoms with Crippen LogP contribution >= 0.6 is 0 Å². The summed E-state index contributed by atoms with van der Waals surface area (Å²) in [4.78, 5) is 16.3. The van der Waals surface area contributed by atoms with Crippen molar-refractivity contribution in [3.8, 4) is 0 Å². The summed E-state index contributed by atoms with van der Waals surface area (Å²) in [6, 6.07) is 0. The van der Waals surface area contributed by atoms with Gasteiger partial charge in [0, 0.05) is 27.1 Å².